The average Bonchev–Trinajstić information content (AvgIpc) is 3.62. The molecule has 1 aliphatic carbocycles. The van der Waals surface area contributed by atoms with E-state index in [1.165, 1.54) is 0 Å². The highest BCUT2D eigenvalue weighted by Gasteiger charge is 2.36. The molecule has 0 saturated heterocycles. The lowest BCUT2D eigenvalue weighted by atomic mass is 9.81. The van der Waals surface area contributed by atoms with E-state index in [4.69, 9.17) is 36.7 Å². The van der Waals surface area contributed by atoms with Crippen molar-refractivity contribution in [3.05, 3.63) is 77.7 Å². The number of carboxylic acid groups (broad SMARTS) is 1. The first-order valence-electron chi connectivity index (χ1n) is 18.9. The Labute approximate surface area is 338 Å². The standard InChI is InChI=1S/C40H51ClN8O5.CH2O2/c1-40(2,3)54-39(52)44-24-27-9-13-30(14-10-27)37(51)49(32-18-15-29(16-19-32)36-45-38(41)47-46-36)33(35(42)50)23-26-7-11-28(12-8-26)31-17-20-34(43-25-31)53-22-6-21-48(4)5;2-1-3/h7-8,11-12,15-20,25,27,30,33H,6,9-10,13-14,21-24H2,1-5H3,(H2,42,50)(H,44,52)(H,45,46,47);1H,(H,2,3)/t27?,30?,33-;/m0./s1. The minimum atomic E-state index is -0.954. The van der Waals surface area contributed by atoms with Crippen LogP contribution in [-0.4, -0.2) is 100.0 Å². The largest absolute Gasteiger partial charge is 0.483 e. The third-order valence-corrected chi connectivity index (χ3v) is 9.49. The van der Waals surface area contributed by atoms with E-state index in [2.05, 4.69) is 30.4 Å². The summed E-state index contributed by atoms with van der Waals surface area (Å²) in [6.07, 6.45) is 5.15. The van der Waals surface area contributed by atoms with E-state index >= 15 is 0 Å². The summed E-state index contributed by atoms with van der Waals surface area (Å²) in [5.74, 6) is 0.0831. The number of hydrogen-bond acceptors (Lipinski definition) is 10. The molecule has 0 spiro atoms. The van der Waals surface area contributed by atoms with Crippen LogP contribution in [0.5, 0.6) is 5.88 Å². The molecule has 1 aliphatic rings. The highest BCUT2D eigenvalue weighted by molar-refractivity contribution is 6.28. The number of anilines is 1. The molecular formula is C41H53ClN8O7. The quantitative estimate of drug-likeness (QED) is 0.0813. The molecule has 0 radical (unpaired) electrons. The number of nitrogens with one attached hydrogen (secondary N) is 2. The van der Waals surface area contributed by atoms with Gasteiger partial charge >= 0.3 is 6.09 Å². The highest BCUT2D eigenvalue weighted by Crippen LogP contribution is 2.33. The Morgan fingerprint density at radius 1 is 1.00 bits per heavy atom. The molecule has 16 heteroatoms. The molecule has 1 saturated carbocycles. The van der Waals surface area contributed by atoms with Crippen LogP contribution in [0.4, 0.5) is 10.5 Å². The summed E-state index contributed by atoms with van der Waals surface area (Å²) in [7, 11) is 4.06. The maximum Gasteiger partial charge on any atom is 0.407 e. The van der Waals surface area contributed by atoms with E-state index in [9.17, 15) is 14.4 Å². The van der Waals surface area contributed by atoms with Gasteiger partial charge in [-0.25, -0.2) is 14.9 Å². The van der Waals surface area contributed by atoms with Crippen LogP contribution in [-0.2, 0) is 25.5 Å². The van der Waals surface area contributed by atoms with Crippen LogP contribution in [0.3, 0.4) is 0 Å². The van der Waals surface area contributed by atoms with Crippen molar-refractivity contribution in [1.29, 1.82) is 0 Å². The van der Waals surface area contributed by atoms with Gasteiger partial charge in [-0.3, -0.25) is 19.3 Å². The Balaban J connectivity index is 0.00000232. The van der Waals surface area contributed by atoms with Crippen LogP contribution >= 0.6 is 11.6 Å². The van der Waals surface area contributed by atoms with E-state index in [0.717, 1.165) is 42.5 Å². The number of carbonyl (C=O) groups excluding carboxylic acids is 3. The minimum absolute atomic E-state index is 0.163. The molecule has 57 heavy (non-hydrogen) atoms. The summed E-state index contributed by atoms with van der Waals surface area (Å²) in [6, 6.07) is 17.8. The predicted molar refractivity (Wildman–Crippen MR) is 218 cm³/mol. The normalized spacial score (nSPS) is 15.8. The number of H-pyrrole nitrogens is 1. The molecule has 306 valence electrons. The SMILES string of the molecule is CN(C)CCCOc1ccc(-c2ccc(C[C@@H](C(N)=O)N(C(=O)C3CCC(CNC(=O)OC(C)(C)C)CC3)c3ccc(-c4n[nH]c(Cl)n4)cc3)cc2)cn1.O=CO. The Bertz CT molecular complexity index is 1890. The fourth-order valence-electron chi connectivity index (χ4n) is 6.52. The van der Waals surface area contributed by atoms with E-state index in [-0.39, 0.29) is 35.9 Å². The maximum atomic E-state index is 14.5. The van der Waals surface area contributed by atoms with Gasteiger partial charge in [0.15, 0.2) is 5.82 Å². The zero-order chi connectivity index (χ0) is 41.5. The van der Waals surface area contributed by atoms with Gasteiger partial charge < -0.3 is 30.5 Å². The molecule has 4 aromatic rings. The number of hydrogen-bond donors (Lipinski definition) is 4. The number of rotatable bonds is 15. The van der Waals surface area contributed by atoms with Crippen molar-refractivity contribution in [2.75, 3.05) is 38.7 Å². The van der Waals surface area contributed by atoms with Gasteiger partial charge in [-0.05, 0) is 126 Å². The third-order valence-electron chi connectivity index (χ3n) is 9.32. The van der Waals surface area contributed by atoms with Gasteiger partial charge in [-0.1, -0.05) is 24.3 Å². The van der Waals surface area contributed by atoms with Crippen molar-refractivity contribution >= 4 is 41.7 Å². The molecule has 15 nitrogen and oxygen atoms in total. The number of carbonyl (C=O) groups is 4. The van der Waals surface area contributed by atoms with E-state index in [0.29, 0.717) is 48.9 Å². The molecule has 0 unspecified atom stereocenters. The molecule has 2 aromatic heterocycles. The molecule has 5 rings (SSSR count). The van der Waals surface area contributed by atoms with Crippen molar-refractivity contribution in [1.82, 2.24) is 30.4 Å². The van der Waals surface area contributed by atoms with Gasteiger partial charge in [0.2, 0.25) is 23.0 Å². The molecule has 0 bridgehead atoms. The third kappa shape index (κ3) is 13.9. The first-order chi connectivity index (χ1) is 27.2. The summed E-state index contributed by atoms with van der Waals surface area (Å²) in [5.41, 5.74) is 9.47. The van der Waals surface area contributed by atoms with Crippen molar-refractivity contribution in [3.63, 3.8) is 0 Å². The smallest absolute Gasteiger partial charge is 0.407 e. The summed E-state index contributed by atoms with van der Waals surface area (Å²) < 4.78 is 11.2. The van der Waals surface area contributed by atoms with E-state index in [1.807, 2.05) is 71.3 Å². The lowest BCUT2D eigenvalue weighted by Crippen LogP contribution is -2.52. The zero-order valence-corrected chi connectivity index (χ0v) is 33.9. The number of ether oxygens (including phenoxy) is 2. The predicted octanol–water partition coefficient (Wildman–Crippen LogP) is 5.98. The molecule has 2 heterocycles. The van der Waals surface area contributed by atoms with Gasteiger partial charge in [0.25, 0.3) is 6.47 Å². The van der Waals surface area contributed by atoms with Crippen LogP contribution < -0.4 is 20.7 Å². The van der Waals surface area contributed by atoms with Crippen molar-refractivity contribution in [3.8, 4) is 28.4 Å². The van der Waals surface area contributed by atoms with Gasteiger partial charge in [0.1, 0.15) is 11.6 Å². The topological polar surface area (TPSA) is 206 Å². The second-order valence-corrected chi connectivity index (χ2v) is 15.5. The average molecular weight is 805 g/mol. The molecule has 5 N–H and O–H groups in total. The number of primary amides is 1. The van der Waals surface area contributed by atoms with Gasteiger partial charge in [0, 0.05) is 54.5 Å². The van der Waals surface area contributed by atoms with Crippen LogP contribution in [0.15, 0.2) is 66.9 Å². The Morgan fingerprint density at radius 2 is 1.63 bits per heavy atom. The fraction of sp³-hybridized carbons (Fsp3) is 0.439. The highest BCUT2D eigenvalue weighted by atomic mass is 35.5. The summed E-state index contributed by atoms with van der Waals surface area (Å²) >= 11 is 5.95. The summed E-state index contributed by atoms with van der Waals surface area (Å²) in [4.78, 5) is 60.6. The van der Waals surface area contributed by atoms with Crippen LogP contribution in [0.2, 0.25) is 5.28 Å². The van der Waals surface area contributed by atoms with E-state index < -0.39 is 23.6 Å². The first-order valence-corrected chi connectivity index (χ1v) is 19.2. The molecule has 1 fully saturated rings. The van der Waals surface area contributed by atoms with Crippen molar-refractivity contribution < 1.29 is 33.8 Å². The number of aromatic amines is 1. The number of nitrogens with two attached hydrogens (primary N) is 1. The van der Waals surface area contributed by atoms with Crippen molar-refractivity contribution in [2.24, 2.45) is 17.6 Å². The first kappa shape index (κ1) is 44.2. The van der Waals surface area contributed by atoms with Gasteiger partial charge in [-0.2, -0.15) is 10.1 Å². The monoisotopic (exact) mass is 804 g/mol. The lowest BCUT2D eigenvalue weighted by Gasteiger charge is -2.36. The molecular weight excluding hydrogens is 752 g/mol. The summed E-state index contributed by atoms with van der Waals surface area (Å²) in [5, 5.41) is 16.7. The Kier molecular flexibility index (Phi) is 16.4. The number of pyridine rings is 1. The fourth-order valence-corrected chi connectivity index (χ4v) is 6.65. The van der Waals surface area contributed by atoms with Crippen molar-refractivity contribution in [2.45, 2.75) is 70.9 Å². The van der Waals surface area contributed by atoms with Gasteiger partial charge in [-0.15, -0.1) is 0 Å². The number of amides is 3. The molecule has 1 atom stereocenters. The second kappa shape index (κ2) is 21.1. The second-order valence-electron chi connectivity index (χ2n) is 15.1. The van der Waals surface area contributed by atoms with Crippen LogP contribution in [0.25, 0.3) is 22.5 Å². The number of aromatic nitrogens is 4. The van der Waals surface area contributed by atoms with Crippen LogP contribution in [0.1, 0.15) is 58.4 Å². The Morgan fingerprint density at radius 3 is 2.18 bits per heavy atom. The zero-order valence-electron chi connectivity index (χ0n) is 33.1. The van der Waals surface area contributed by atoms with Crippen LogP contribution in [0, 0.1) is 11.8 Å². The van der Waals surface area contributed by atoms with Gasteiger partial charge in [0.05, 0.1) is 6.61 Å². The lowest BCUT2D eigenvalue weighted by molar-refractivity contribution is -0.127. The minimum Gasteiger partial charge on any atom is -0.483 e. The number of nitrogens with zero attached hydrogens (tertiary/aromatic N) is 5. The number of halogens is 1. The Hall–Kier alpha value is -5.54. The molecule has 3 amide bonds. The maximum absolute atomic E-state index is 14.5. The number of alkyl carbamates (subject to hydrolysis) is 1. The molecule has 0 aliphatic heterocycles. The summed E-state index contributed by atoms with van der Waals surface area (Å²) in [6.45, 7) is 7.22. The van der Waals surface area contributed by atoms with E-state index in [1.54, 1.807) is 35.4 Å². The molecule has 2 aromatic carbocycles. The number of benzene rings is 2.